The molecule has 5 nitrogen and oxygen atoms in total. The molecule has 1 unspecified atom stereocenters. The van der Waals surface area contributed by atoms with E-state index in [0.29, 0.717) is 12.1 Å². The number of fused-ring (bicyclic) bond motifs is 1. The van der Waals surface area contributed by atoms with E-state index in [1.807, 2.05) is 12.1 Å². The summed E-state index contributed by atoms with van der Waals surface area (Å²) in [5.74, 6) is 0.922. The number of carbonyl (C=O) groups excluding carboxylic acids is 1. The molecule has 0 radical (unpaired) electrons. The number of benzene rings is 1. The van der Waals surface area contributed by atoms with Crippen LogP contribution in [0.5, 0.6) is 0 Å². The number of aromatic nitrogens is 1. The molecule has 29 heavy (non-hydrogen) atoms. The molecule has 2 N–H and O–H groups in total. The summed E-state index contributed by atoms with van der Waals surface area (Å²) < 4.78 is 0. The van der Waals surface area contributed by atoms with Gasteiger partial charge in [0.05, 0.1) is 5.56 Å². The first-order valence-electron chi connectivity index (χ1n) is 10.1. The Morgan fingerprint density at radius 2 is 1.83 bits per heavy atom. The second-order valence-electron chi connectivity index (χ2n) is 7.47. The molecule has 1 saturated heterocycles. The van der Waals surface area contributed by atoms with Crippen molar-refractivity contribution in [1.29, 1.82) is 0 Å². The van der Waals surface area contributed by atoms with Crippen molar-refractivity contribution in [1.82, 2.24) is 15.6 Å². The van der Waals surface area contributed by atoms with Crippen molar-refractivity contribution in [3.63, 3.8) is 0 Å². The van der Waals surface area contributed by atoms with Crippen LogP contribution in [0.2, 0.25) is 0 Å². The number of anilines is 1. The number of nitrogens with one attached hydrogen (secondary N) is 2. The smallest absolute Gasteiger partial charge is 0.252 e. The van der Waals surface area contributed by atoms with Gasteiger partial charge in [-0.3, -0.25) is 4.79 Å². The minimum atomic E-state index is -0.0604. The topological polar surface area (TPSA) is 57.3 Å². The van der Waals surface area contributed by atoms with Crippen molar-refractivity contribution in [2.75, 3.05) is 31.1 Å². The third kappa shape index (κ3) is 5.84. The van der Waals surface area contributed by atoms with Crippen molar-refractivity contribution in [3.05, 3.63) is 59.3 Å². The molecule has 3 heterocycles. The second kappa shape index (κ2) is 11.4. The first-order chi connectivity index (χ1) is 13.3. The van der Waals surface area contributed by atoms with Crippen LogP contribution in [-0.4, -0.2) is 37.1 Å². The van der Waals surface area contributed by atoms with Crippen molar-refractivity contribution in [2.24, 2.45) is 0 Å². The Hall–Kier alpha value is -1.82. The zero-order chi connectivity index (χ0) is 18.5. The number of pyridine rings is 1. The molecule has 1 atom stereocenters. The van der Waals surface area contributed by atoms with Gasteiger partial charge in [0.1, 0.15) is 5.82 Å². The van der Waals surface area contributed by atoms with E-state index >= 15 is 0 Å². The third-order valence-corrected chi connectivity index (χ3v) is 5.62. The standard InChI is InChI=1S/C22H28N4O.2ClH/c27-22(25-16-20-19-8-4-3-7-17(19)11-12-23-20)18-9-10-21(24-15-18)26-13-5-1-2-6-14-26;;/h3-4,7-10,15,20,23H,1-2,5-6,11-14,16H2,(H,25,27);2*1H. The number of hydrogen-bond acceptors (Lipinski definition) is 4. The van der Waals surface area contributed by atoms with Gasteiger partial charge in [-0.05, 0) is 49.1 Å². The Labute approximate surface area is 185 Å². The van der Waals surface area contributed by atoms with Gasteiger partial charge in [-0.2, -0.15) is 0 Å². The van der Waals surface area contributed by atoms with E-state index in [9.17, 15) is 4.79 Å². The Bertz CT molecular complexity index is 777. The second-order valence-corrected chi connectivity index (χ2v) is 7.47. The van der Waals surface area contributed by atoms with Crippen LogP contribution in [-0.2, 0) is 6.42 Å². The van der Waals surface area contributed by atoms with Crippen LogP contribution in [0.1, 0.15) is 53.2 Å². The lowest BCUT2D eigenvalue weighted by Gasteiger charge is -2.27. The number of halogens is 2. The zero-order valence-corrected chi connectivity index (χ0v) is 18.2. The monoisotopic (exact) mass is 436 g/mol. The van der Waals surface area contributed by atoms with Crippen LogP contribution in [0.4, 0.5) is 5.82 Å². The average Bonchev–Trinajstić information content (AvgIpc) is 3.02. The van der Waals surface area contributed by atoms with E-state index in [1.165, 1.54) is 36.8 Å². The summed E-state index contributed by atoms with van der Waals surface area (Å²) in [6, 6.07) is 12.5. The molecule has 2 aliphatic rings. The van der Waals surface area contributed by atoms with E-state index < -0.39 is 0 Å². The molecule has 0 aliphatic carbocycles. The van der Waals surface area contributed by atoms with E-state index in [1.54, 1.807) is 6.20 Å². The molecule has 2 aromatic rings. The van der Waals surface area contributed by atoms with Crippen LogP contribution in [0.25, 0.3) is 0 Å². The summed E-state index contributed by atoms with van der Waals surface area (Å²) in [6.07, 6.45) is 7.80. The predicted octanol–water partition coefficient (Wildman–Crippen LogP) is 3.92. The molecule has 158 valence electrons. The Morgan fingerprint density at radius 3 is 2.55 bits per heavy atom. The lowest BCUT2D eigenvalue weighted by molar-refractivity contribution is 0.0949. The van der Waals surface area contributed by atoms with Crippen molar-refractivity contribution in [3.8, 4) is 0 Å². The minimum Gasteiger partial charge on any atom is -0.357 e. The van der Waals surface area contributed by atoms with Gasteiger partial charge in [0, 0.05) is 31.9 Å². The fraction of sp³-hybridized carbons (Fsp3) is 0.455. The molecule has 1 amide bonds. The number of carbonyl (C=O) groups is 1. The Kier molecular flexibility index (Phi) is 9.21. The van der Waals surface area contributed by atoms with Crippen LogP contribution in [0, 0.1) is 0 Å². The maximum atomic E-state index is 12.5. The third-order valence-electron chi connectivity index (χ3n) is 5.62. The fourth-order valence-electron chi connectivity index (χ4n) is 4.08. The molecular weight excluding hydrogens is 407 g/mol. The highest BCUT2D eigenvalue weighted by Gasteiger charge is 2.20. The number of nitrogens with zero attached hydrogens (tertiary/aromatic N) is 2. The number of hydrogen-bond donors (Lipinski definition) is 2. The molecule has 0 bridgehead atoms. The van der Waals surface area contributed by atoms with Crippen LogP contribution in [0.3, 0.4) is 0 Å². The highest BCUT2D eigenvalue weighted by Crippen LogP contribution is 2.22. The fourth-order valence-corrected chi connectivity index (χ4v) is 4.08. The Balaban J connectivity index is 0.00000150. The van der Waals surface area contributed by atoms with Gasteiger partial charge in [0.2, 0.25) is 0 Å². The molecule has 0 saturated carbocycles. The van der Waals surface area contributed by atoms with Gasteiger partial charge in [0.25, 0.3) is 5.91 Å². The summed E-state index contributed by atoms with van der Waals surface area (Å²) in [5.41, 5.74) is 3.29. The quantitative estimate of drug-likeness (QED) is 0.762. The van der Waals surface area contributed by atoms with E-state index in [4.69, 9.17) is 0 Å². The maximum Gasteiger partial charge on any atom is 0.252 e. The molecule has 1 fully saturated rings. The van der Waals surface area contributed by atoms with E-state index in [-0.39, 0.29) is 36.8 Å². The molecule has 0 spiro atoms. The summed E-state index contributed by atoms with van der Waals surface area (Å²) >= 11 is 0. The van der Waals surface area contributed by atoms with Crippen LogP contribution in [0.15, 0.2) is 42.6 Å². The maximum absolute atomic E-state index is 12.5. The lowest BCUT2D eigenvalue weighted by atomic mass is 9.94. The number of amides is 1. The zero-order valence-electron chi connectivity index (χ0n) is 16.6. The summed E-state index contributed by atoms with van der Waals surface area (Å²) in [7, 11) is 0. The van der Waals surface area contributed by atoms with Crippen LogP contribution >= 0.6 is 24.8 Å². The number of rotatable bonds is 4. The van der Waals surface area contributed by atoms with E-state index in [2.05, 4.69) is 44.8 Å². The minimum absolute atomic E-state index is 0. The highest BCUT2D eigenvalue weighted by molar-refractivity contribution is 5.94. The van der Waals surface area contributed by atoms with Gasteiger partial charge in [0.15, 0.2) is 0 Å². The van der Waals surface area contributed by atoms with Crippen molar-refractivity contribution < 1.29 is 4.79 Å². The van der Waals surface area contributed by atoms with Gasteiger partial charge in [-0.15, -0.1) is 24.8 Å². The molecule has 7 heteroatoms. The van der Waals surface area contributed by atoms with Gasteiger partial charge < -0.3 is 15.5 Å². The van der Waals surface area contributed by atoms with Crippen LogP contribution < -0.4 is 15.5 Å². The normalized spacial score (nSPS) is 18.5. The summed E-state index contributed by atoms with van der Waals surface area (Å²) in [6.45, 7) is 3.66. The van der Waals surface area contributed by atoms with Gasteiger partial charge in [-0.1, -0.05) is 37.1 Å². The largest absolute Gasteiger partial charge is 0.357 e. The van der Waals surface area contributed by atoms with Gasteiger partial charge in [-0.25, -0.2) is 4.98 Å². The Morgan fingerprint density at radius 1 is 1.07 bits per heavy atom. The van der Waals surface area contributed by atoms with E-state index in [0.717, 1.165) is 31.9 Å². The molecule has 4 rings (SSSR count). The summed E-state index contributed by atoms with van der Waals surface area (Å²) in [4.78, 5) is 19.4. The lowest BCUT2D eigenvalue weighted by Crippen LogP contribution is -2.38. The first-order valence-corrected chi connectivity index (χ1v) is 10.1. The molecule has 1 aromatic carbocycles. The molecule has 2 aliphatic heterocycles. The van der Waals surface area contributed by atoms with Gasteiger partial charge >= 0.3 is 0 Å². The highest BCUT2D eigenvalue weighted by atomic mass is 35.5. The van der Waals surface area contributed by atoms with Crippen molar-refractivity contribution >= 4 is 36.5 Å². The molecule has 1 aromatic heterocycles. The SMILES string of the molecule is Cl.Cl.O=C(NCC1NCCc2ccccc21)c1ccc(N2CCCCCC2)nc1. The van der Waals surface area contributed by atoms with Crippen molar-refractivity contribution in [2.45, 2.75) is 38.1 Å². The first kappa shape index (κ1) is 23.5. The summed E-state index contributed by atoms with van der Waals surface area (Å²) in [5, 5.41) is 6.57. The average molecular weight is 437 g/mol. The predicted molar refractivity (Wildman–Crippen MR) is 123 cm³/mol. The molecular formula is C22H30Cl2N4O.